The molecule has 14 nitrogen and oxygen atoms in total. The zero-order valence-electron chi connectivity index (χ0n) is 35.3. The molecule has 0 bridgehead atoms. The number of carboxylic acid groups (broad SMARTS) is 1. The summed E-state index contributed by atoms with van der Waals surface area (Å²) in [6.45, 7) is 9.84. The van der Waals surface area contributed by atoms with Crippen LogP contribution in [0.2, 0.25) is 0 Å². The maximum absolute atomic E-state index is 12.5. The topological polar surface area (TPSA) is 184 Å². The van der Waals surface area contributed by atoms with Gasteiger partial charge in [0.15, 0.2) is 11.6 Å². The molecule has 0 unspecified atom stereocenters. The second-order valence-electron chi connectivity index (χ2n) is 16.8. The van der Waals surface area contributed by atoms with E-state index in [0.717, 1.165) is 70.1 Å². The first-order valence-corrected chi connectivity index (χ1v) is 21.5. The van der Waals surface area contributed by atoms with E-state index >= 15 is 0 Å². The minimum atomic E-state index is -0.815. The van der Waals surface area contributed by atoms with Crippen molar-refractivity contribution in [3.63, 3.8) is 0 Å². The monoisotopic (exact) mass is 791 g/mol. The van der Waals surface area contributed by atoms with Crippen LogP contribution in [0.3, 0.4) is 0 Å². The van der Waals surface area contributed by atoms with Gasteiger partial charge in [-0.3, -0.25) is 9.59 Å². The van der Waals surface area contributed by atoms with Crippen molar-refractivity contribution in [3.05, 3.63) is 23.4 Å². The minimum absolute atomic E-state index is 0.0492. The molecule has 4 rings (SSSR count). The summed E-state index contributed by atoms with van der Waals surface area (Å²) in [4.78, 5) is 32.6. The Labute approximate surface area is 335 Å². The predicted molar refractivity (Wildman–Crippen MR) is 214 cm³/mol. The first-order chi connectivity index (χ1) is 27.1. The number of nitrogens with zero attached hydrogens (tertiary/aromatic N) is 4. The van der Waals surface area contributed by atoms with E-state index < -0.39 is 11.6 Å². The van der Waals surface area contributed by atoms with Crippen LogP contribution >= 0.6 is 0 Å². The molecule has 56 heavy (non-hydrogen) atoms. The molecule has 0 aliphatic heterocycles. The summed E-state index contributed by atoms with van der Waals surface area (Å²) >= 11 is 0. The highest BCUT2D eigenvalue weighted by molar-refractivity contribution is 5.70. The van der Waals surface area contributed by atoms with Gasteiger partial charge in [0.2, 0.25) is 11.8 Å². The lowest BCUT2D eigenvalue weighted by Gasteiger charge is -2.23. The maximum atomic E-state index is 12.5. The van der Waals surface area contributed by atoms with E-state index in [1.165, 1.54) is 77.0 Å². The van der Waals surface area contributed by atoms with Crippen LogP contribution in [0.5, 0.6) is 0 Å². The second-order valence-corrected chi connectivity index (χ2v) is 16.8. The van der Waals surface area contributed by atoms with Gasteiger partial charge in [-0.25, -0.2) is 0 Å². The molecule has 320 valence electrons. The van der Waals surface area contributed by atoms with E-state index in [9.17, 15) is 14.7 Å². The van der Waals surface area contributed by atoms with Crippen molar-refractivity contribution < 1.29 is 38.0 Å². The largest absolute Gasteiger partial charge is 0.481 e. The van der Waals surface area contributed by atoms with Crippen molar-refractivity contribution in [2.24, 2.45) is 11.8 Å². The number of rotatable bonds is 26. The number of carboxylic acids is 1. The molecule has 2 fully saturated rings. The molecule has 0 radical (unpaired) electrons. The third-order valence-corrected chi connectivity index (χ3v) is 10.7. The molecule has 2 aliphatic carbocycles. The van der Waals surface area contributed by atoms with Crippen LogP contribution in [0, 0.1) is 11.8 Å². The molecule has 0 saturated heterocycles. The number of nitrogens with one attached hydrogen (secondary N) is 2. The lowest BCUT2D eigenvalue weighted by molar-refractivity contribution is -0.155. The number of aromatic nitrogens is 4. The van der Waals surface area contributed by atoms with Crippen LogP contribution in [-0.2, 0) is 36.9 Å². The molecular formula is C42H74N6O8. The average Bonchev–Trinajstić information content (AvgIpc) is 3.85. The van der Waals surface area contributed by atoms with Crippen LogP contribution in [-0.4, -0.2) is 83.5 Å². The third kappa shape index (κ3) is 21.0. The van der Waals surface area contributed by atoms with Gasteiger partial charge in [0.05, 0.1) is 25.9 Å². The van der Waals surface area contributed by atoms with Crippen LogP contribution in [0.25, 0.3) is 0 Å². The molecule has 14 heteroatoms. The van der Waals surface area contributed by atoms with Crippen LogP contribution < -0.4 is 10.6 Å². The quantitative estimate of drug-likeness (QED) is 0.0611. The van der Waals surface area contributed by atoms with Gasteiger partial charge >= 0.3 is 11.9 Å². The highest BCUT2D eigenvalue weighted by Gasteiger charge is 2.27. The number of ether oxygens (including phenoxy) is 3. The molecule has 2 aromatic heterocycles. The van der Waals surface area contributed by atoms with Crippen molar-refractivity contribution in [2.45, 2.75) is 180 Å². The molecule has 2 atom stereocenters. The smallest absolute Gasteiger partial charge is 0.307 e. The van der Waals surface area contributed by atoms with Gasteiger partial charge in [0.1, 0.15) is 5.60 Å². The fourth-order valence-corrected chi connectivity index (χ4v) is 7.77. The number of carbonyl (C=O) groups is 2. The van der Waals surface area contributed by atoms with E-state index in [1.54, 1.807) is 14.2 Å². The number of methoxy groups -OCH3 is 2. The van der Waals surface area contributed by atoms with Crippen molar-refractivity contribution in [2.75, 3.05) is 40.5 Å². The zero-order valence-corrected chi connectivity index (χ0v) is 35.3. The first kappa shape index (κ1) is 47.4. The number of esters is 1. The average molecular weight is 791 g/mol. The van der Waals surface area contributed by atoms with Gasteiger partial charge in [-0.1, -0.05) is 100 Å². The van der Waals surface area contributed by atoms with Crippen molar-refractivity contribution in [3.8, 4) is 0 Å². The Morgan fingerprint density at radius 3 is 1.57 bits per heavy atom. The summed E-state index contributed by atoms with van der Waals surface area (Å²) in [6, 6.07) is 0. The Hall–Kier alpha value is -2.94. The van der Waals surface area contributed by atoms with Crippen LogP contribution in [0.15, 0.2) is 9.05 Å². The predicted octanol–water partition coefficient (Wildman–Crippen LogP) is 8.27. The molecule has 0 aromatic carbocycles. The lowest BCUT2D eigenvalue weighted by Crippen LogP contribution is -2.25. The van der Waals surface area contributed by atoms with Crippen molar-refractivity contribution in [1.29, 1.82) is 0 Å². The summed E-state index contributed by atoms with van der Waals surface area (Å²) in [5, 5.41) is 23.8. The fraction of sp³-hybridized carbons (Fsp3) is 0.857. The van der Waals surface area contributed by atoms with Gasteiger partial charge in [0, 0.05) is 39.3 Å². The molecule has 2 aromatic rings. The molecule has 2 heterocycles. The van der Waals surface area contributed by atoms with E-state index in [-0.39, 0.29) is 30.6 Å². The Morgan fingerprint density at radius 2 is 1.16 bits per heavy atom. The van der Waals surface area contributed by atoms with Gasteiger partial charge in [-0.2, -0.15) is 9.97 Å². The summed E-state index contributed by atoms with van der Waals surface area (Å²) < 4.78 is 26.5. The maximum Gasteiger partial charge on any atom is 0.307 e. The Morgan fingerprint density at radius 1 is 0.714 bits per heavy atom. The van der Waals surface area contributed by atoms with E-state index in [4.69, 9.17) is 23.3 Å². The normalized spacial score (nSPS) is 16.6. The van der Waals surface area contributed by atoms with E-state index in [1.807, 2.05) is 20.8 Å². The molecule has 0 amide bonds. The number of carbonyl (C=O) groups excluding carboxylic acids is 1. The Bertz CT molecular complexity index is 1320. The standard InChI is InChI=1S/C23H41N3O4.C19H33N3O4/c1-23(2,3)29-21(27)16-19(13-8-12-18-10-6-5-7-11-18)22-25-20(26-30-22)17-24-14-9-15-28-4;1-25-12-6-11-20-14-17-21-19(26-22-17)16(13-18(23)24)10-5-9-15-7-3-2-4-8-15/h18-19,24H,5-17H2,1-4H3;15-16,20H,2-14H2,1H3,(H,23,24)/t19-;16-/m11/s1. The SMILES string of the molecule is COCCCNCc1noc([C@H](CCCC2CCCCC2)CC(=O)O)n1.COCCCNCc1noc([C@H](CCCC2CCCCC2)CC(=O)OC(C)(C)C)n1. The highest BCUT2D eigenvalue weighted by atomic mass is 16.6. The van der Waals surface area contributed by atoms with Crippen LogP contribution in [0.1, 0.15) is 184 Å². The van der Waals surface area contributed by atoms with Crippen LogP contribution in [0.4, 0.5) is 0 Å². The fourth-order valence-electron chi connectivity index (χ4n) is 7.77. The summed E-state index contributed by atoms with van der Waals surface area (Å²) in [5.41, 5.74) is -0.490. The zero-order chi connectivity index (χ0) is 40.4. The van der Waals surface area contributed by atoms with Gasteiger partial charge < -0.3 is 39.0 Å². The van der Waals surface area contributed by atoms with Gasteiger partial charge in [-0.05, 0) is 71.4 Å². The molecular weight excluding hydrogens is 716 g/mol. The third-order valence-electron chi connectivity index (χ3n) is 10.7. The summed E-state index contributed by atoms with van der Waals surface area (Å²) in [5.74, 6) is 2.57. The lowest BCUT2D eigenvalue weighted by atomic mass is 9.84. The van der Waals surface area contributed by atoms with E-state index in [0.29, 0.717) is 43.1 Å². The molecule has 2 aliphatic rings. The molecule has 2 saturated carbocycles. The van der Waals surface area contributed by atoms with E-state index in [2.05, 4.69) is 30.9 Å². The first-order valence-electron chi connectivity index (χ1n) is 21.5. The molecule has 3 N–H and O–H groups in total. The van der Waals surface area contributed by atoms with Gasteiger partial charge in [-0.15, -0.1) is 0 Å². The highest BCUT2D eigenvalue weighted by Crippen LogP contribution is 2.33. The summed E-state index contributed by atoms with van der Waals surface area (Å²) in [7, 11) is 3.38. The molecule has 0 spiro atoms. The van der Waals surface area contributed by atoms with Crippen molar-refractivity contribution >= 4 is 11.9 Å². The Kier molecular flexibility index (Phi) is 23.4. The summed E-state index contributed by atoms with van der Waals surface area (Å²) in [6.07, 6.45) is 21.8. The Balaban J connectivity index is 0.000000303. The number of hydrogen-bond acceptors (Lipinski definition) is 13. The number of aliphatic carboxylic acids is 1. The van der Waals surface area contributed by atoms with Crippen molar-refractivity contribution in [1.82, 2.24) is 30.9 Å². The minimum Gasteiger partial charge on any atom is -0.481 e. The number of hydrogen-bond donors (Lipinski definition) is 3. The van der Waals surface area contributed by atoms with Gasteiger partial charge in [0.25, 0.3) is 0 Å². The second kappa shape index (κ2) is 27.7.